The first-order valence-corrected chi connectivity index (χ1v) is 8.45. The Kier molecular flexibility index (Phi) is 5.37. The highest BCUT2D eigenvalue weighted by Gasteiger charge is 2.23. The Morgan fingerprint density at radius 2 is 1.69 bits per heavy atom. The van der Waals surface area contributed by atoms with Crippen molar-refractivity contribution in [2.45, 2.75) is 20.3 Å². The van der Waals surface area contributed by atoms with E-state index in [-0.39, 0.29) is 13.2 Å². The molecule has 0 unspecified atom stereocenters. The molecule has 0 spiro atoms. The summed E-state index contributed by atoms with van der Waals surface area (Å²) in [7, 11) is -7.37. The highest BCUT2D eigenvalue weighted by Crippen LogP contribution is 2.18. The summed E-state index contributed by atoms with van der Waals surface area (Å²) in [6, 6.07) is 0. The van der Waals surface area contributed by atoms with Crippen molar-refractivity contribution in [3.63, 3.8) is 0 Å². The zero-order valence-corrected chi connectivity index (χ0v) is 11.4. The third-order valence-electron chi connectivity index (χ3n) is 1.93. The van der Waals surface area contributed by atoms with Crippen molar-refractivity contribution in [3.05, 3.63) is 0 Å². The predicted octanol–water partition coefficient (Wildman–Crippen LogP) is -0.683. The Labute approximate surface area is 97.0 Å². The first-order chi connectivity index (χ1) is 6.97. The monoisotopic (exact) mass is 273 g/mol. The molecule has 0 saturated carbocycles. The third kappa shape index (κ3) is 8.03. The van der Waals surface area contributed by atoms with Crippen LogP contribution >= 0.6 is 0 Å². The van der Waals surface area contributed by atoms with Gasteiger partial charge in [0.1, 0.15) is 0 Å². The van der Waals surface area contributed by atoms with Crippen LogP contribution in [0.5, 0.6) is 0 Å². The zero-order valence-electron chi connectivity index (χ0n) is 9.73. The predicted molar refractivity (Wildman–Crippen MR) is 62.1 cm³/mol. The van der Waals surface area contributed by atoms with Crippen LogP contribution in [-0.2, 0) is 19.9 Å². The van der Waals surface area contributed by atoms with E-state index in [1.54, 1.807) is 13.8 Å². The van der Waals surface area contributed by atoms with Crippen molar-refractivity contribution in [2.75, 3.05) is 24.5 Å². The van der Waals surface area contributed by atoms with Gasteiger partial charge in [0.15, 0.2) is 14.9 Å². The topological polar surface area (TPSA) is 101 Å². The molecular formula is C8H19NO5S2. The fourth-order valence-electron chi connectivity index (χ4n) is 1.02. The molecule has 8 heteroatoms. The molecule has 0 fully saturated rings. The van der Waals surface area contributed by atoms with Crippen LogP contribution in [0.2, 0.25) is 0 Å². The van der Waals surface area contributed by atoms with Gasteiger partial charge >= 0.3 is 0 Å². The minimum absolute atomic E-state index is 0.0409. The molecule has 0 aliphatic carbocycles. The normalized spacial score (nSPS) is 14.0. The van der Waals surface area contributed by atoms with Gasteiger partial charge in [-0.2, -0.15) is 0 Å². The maximum Gasteiger partial charge on any atom is 0.226 e. The average Bonchev–Trinajstić information content (AvgIpc) is 1.97. The Hall–Kier alpha value is -0.180. The molecule has 0 bridgehead atoms. The van der Waals surface area contributed by atoms with Crippen molar-refractivity contribution in [1.82, 2.24) is 4.72 Å². The highest BCUT2D eigenvalue weighted by atomic mass is 32.3. The summed E-state index contributed by atoms with van der Waals surface area (Å²) in [5, 5.41) is 7.84. The van der Waals surface area contributed by atoms with E-state index in [9.17, 15) is 16.8 Å². The molecule has 0 radical (unpaired) electrons. The van der Waals surface area contributed by atoms with Crippen LogP contribution in [0.15, 0.2) is 0 Å². The molecule has 0 aliphatic rings. The number of hydrogen-bond acceptors (Lipinski definition) is 5. The lowest BCUT2D eigenvalue weighted by atomic mass is 9.90. The first kappa shape index (κ1) is 15.8. The Morgan fingerprint density at radius 3 is 2.06 bits per heavy atom. The molecule has 6 nitrogen and oxygen atoms in total. The molecule has 0 heterocycles. The third-order valence-corrected chi connectivity index (χ3v) is 5.47. The summed E-state index contributed by atoms with van der Waals surface area (Å²) >= 11 is 0. The summed E-state index contributed by atoms with van der Waals surface area (Å²) in [5.74, 6) is 0. The number of rotatable bonds is 7. The van der Waals surface area contributed by atoms with E-state index in [0.29, 0.717) is 6.42 Å². The quantitative estimate of drug-likeness (QED) is 0.640. The molecular weight excluding hydrogens is 254 g/mol. The first-order valence-electron chi connectivity index (χ1n) is 4.73. The van der Waals surface area contributed by atoms with Crippen LogP contribution in [-0.4, -0.2) is 46.4 Å². The van der Waals surface area contributed by atoms with E-state index in [2.05, 4.69) is 4.72 Å². The molecule has 98 valence electrons. The van der Waals surface area contributed by atoms with Gasteiger partial charge in [0.05, 0.1) is 0 Å². The van der Waals surface area contributed by atoms with Crippen molar-refractivity contribution in [1.29, 1.82) is 0 Å². The number of sulfonamides is 1. The second-order valence-corrected chi connectivity index (χ2v) is 8.93. The van der Waals surface area contributed by atoms with Gasteiger partial charge in [-0.3, -0.25) is 0 Å². The number of hydrogen-bond donors (Lipinski definition) is 2. The van der Waals surface area contributed by atoms with Crippen LogP contribution in [0.25, 0.3) is 0 Å². The minimum Gasteiger partial charge on any atom is -0.396 e. The molecule has 0 aromatic carbocycles. The zero-order chi connectivity index (χ0) is 13.0. The van der Waals surface area contributed by atoms with Crippen LogP contribution in [0, 0.1) is 5.41 Å². The molecule has 16 heavy (non-hydrogen) atoms. The maximum atomic E-state index is 11.3. The van der Waals surface area contributed by atoms with E-state index in [0.717, 1.165) is 6.26 Å². The number of nitrogens with one attached hydrogen (secondary N) is 1. The number of aliphatic hydroxyl groups is 1. The van der Waals surface area contributed by atoms with Gasteiger partial charge in [-0.1, -0.05) is 13.8 Å². The van der Waals surface area contributed by atoms with E-state index in [1.807, 2.05) is 0 Å². The van der Waals surface area contributed by atoms with Crippen molar-refractivity contribution in [3.8, 4) is 0 Å². The van der Waals surface area contributed by atoms with Crippen LogP contribution in [0.4, 0.5) is 0 Å². The SMILES string of the molecule is CC(C)(CCO)CNS(=O)(=O)CS(C)(=O)=O. The summed E-state index contributed by atoms with van der Waals surface area (Å²) in [5.41, 5.74) is -0.403. The van der Waals surface area contributed by atoms with Crippen LogP contribution in [0.1, 0.15) is 20.3 Å². The molecule has 0 amide bonds. The fourth-order valence-corrected chi connectivity index (χ4v) is 4.22. The summed E-state index contributed by atoms with van der Waals surface area (Å²) < 4.78 is 46.6. The van der Waals surface area contributed by atoms with Gasteiger partial charge in [0.2, 0.25) is 10.0 Å². The fraction of sp³-hybridized carbons (Fsp3) is 1.00. The molecule has 0 saturated heterocycles. The van der Waals surface area contributed by atoms with E-state index < -0.39 is 30.4 Å². The van der Waals surface area contributed by atoms with Gasteiger partial charge in [0.25, 0.3) is 0 Å². The van der Waals surface area contributed by atoms with Crippen molar-refractivity contribution < 1.29 is 21.9 Å². The Morgan fingerprint density at radius 1 is 1.19 bits per heavy atom. The van der Waals surface area contributed by atoms with Crippen molar-refractivity contribution >= 4 is 19.9 Å². The van der Waals surface area contributed by atoms with Gasteiger partial charge in [0, 0.05) is 19.4 Å². The largest absolute Gasteiger partial charge is 0.396 e. The lowest BCUT2D eigenvalue weighted by Gasteiger charge is -2.23. The van der Waals surface area contributed by atoms with E-state index in [1.165, 1.54) is 0 Å². The number of aliphatic hydroxyl groups excluding tert-OH is 1. The molecule has 0 aliphatic heterocycles. The van der Waals surface area contributed by atoms with Gasteiger partial charge in [-0.05, 0) is 11.8 Å². The summed E-state index contributed by atoms with van der Waals surface area (Å²) in [4.78, 5) is 0. The number of sulfone groups is 1. The standard InChI is InChI=1S/C8H19NO5S2/c1-8(2,4-5-10)6-9-16(13,14)7-15(3,11)12/h9-10H,4-7H2,1-3H3. The average molecular weight is 273 g/mol. The Balaban J connectivity index is 4.41. The Bertz CT molecular complexity index is 410. The highest BCUT2D eigenvalue weighted by molar-refractivity contribution is 8.06. The molecule has 0 atom stereocenters. The van der Waals surface area contributed by atoms with E-state index >= 15 is 0 Å². The lowest BCUT2D eigenvalue weighted by Crippen LogP contribution is -2.37. The molecule has 0 rings (SSSR count). The van der Waals surface area contributed by atoms with Crippen LogP contribution < -0.4 is 4.72 Å². The van der Waals surface area contributed by atoms with Gasteiger partial charge < -0.3 is 5.11 Å². The van der Waals surface area contributed by atoms with E-state index in [4.69, 9.17) is 5.11 Å². The maximum absolute atomic E-state index is 11.3. The second-order valence-electron chi connectivity index (χ2n) is 4.62. The lowest BCUT2D eigenvalue weighted by molar-refractivity contribution is 0.213. The summed E-state index contributed by atoms with van der Waals surface area (Å²) in [6.07, 6.45) is 1.31. The van der Waals surface area contributed by atoms with Gasteiger partial charge in [-0.15, -0.1) is 0 Å². The minimum atomic E-state index is -3.81. The summed E-state index contributed by atoms with van der Waals surface area (Å²) in [6.45, 7) is 3.63. The smallest absolute Gasteiger partial charge is 0.226 e. The molecule has 0 aromatic rings. The van der Waals surface area contributed by atoms with Gasteiger partial charge in [-0.25, -0.2) is 21.6 Å². The second kappa shape index (κ2) is 5.44. The van der Waals surface area contributed by atoms with Crippen LogP contribution in [0.3, 0.4) is 0 Å². The molecule has 2 N–H and O–H groups in total. The molecule has 0 aromatic heterocycles. The van der Waals surface area contributed by atoms with Crippen molar-refractivity contribution in [2.24, 2.45) is 5.41 Å².